The summed E-state index contributed by atoms with van der Waals surface area (Å²) in [5.41, 5.74) is 2.94. The number of rotatable bonds is 10. The number of carbonyl (C=O) groups excluding carboxylic acids is 2. The van der Waals surface area contributed by atoms with Crippen LogP contribution in [-0.2, 0) is 16.0 Å². The number of benzene rings is 3. The van der Waals surface area contributed by atoms with Crippen molar-refractivity contribution in [3.05, 3.63) is 76.8 Å². The van der Waals surface area contributed by atoms with Crippen LogP contribution in [-0.4, -0.2) is 55.7 Å². The largest absolute Gasteiger partial charge is 0.497 e. The van der Waals surface area contributed by atoms with E-state index in [4.69, 9.17) is 38.0 Å². The lowest BCUT2D eigenvalue weighted by Gasteiger charge is -2.24. The van der Waals surface area contributed by atoms with E-state index >= 15 is 0 Å². The van der Waals surface area contributed by atoms with E-state index in [0.717, 1.165) is 11.1 Å². The second-order valence-electron chi connectivity index (χ2n) is 8.97. The highest BCUT2D eigenvalue weighted by molar-refractivity contribution is 7.80. The number of halogens is 1. The monoisotopic (exact) mass is 567 g/mol. The fraction of sp³-hybridized carbons (Fsp3) is 0.276. The van der Waals surface area contributed by atoms with Gasteiger partial charge < -0.3 is 24.4 Å². The molecular weight excluding hydrogens is 538 g/mol. The molecule has 1 fully saturated rings. The van der Waals surface area contributed by atoms with Gasteiger partial charge in [0.2, 0.25) is 5.91 Å². The summed E-state index contributed by atoms with van der Waals surface area (Å²) in [7, 11) is 4.74. The Hall–Kier alpha value is -3.82. The zero-order valence-electron chi connectivity index (χ0n) is 22.2. The van der Waals surface area contributed by atoms with Crippen molar-refractivity contribution in [1.82, 2.24) is 4.90 Å². The lowest BCUT2D eigenvalue weighted by molar-refractivity contribution is -0.124. The number of hydrogen-bond donors (Lipinski definition) is 1. The number of ether oxygens (including phenoxy) is 3. The summed E-state index contributed by atoms with van der Waals surface area (Å²) >= 11 is 12.0. The Morgan fingerprint density at radius 2 is 1.72 bits per heavy atom. The lowest BCUT2D eigenvalue weighted by Crippen LogP contribution is -2.39. The second-order valence-corrected chi connectivity index (χ2v) is 9.74. The molecule has 1 saturated heterocycles. The standard InChI is InChI=1S/C29H30ClN3O5S/c1-18-22(30)6-5-7-23(18)31-27(34)17-24-28(35)33(20-9-11-21(36-2)12-10-20)29(39)32(24)15-14-19-8-13-25(37-3)26(16-19)38-4/h5-13,16,24H,14-15,17H2,1-4H3,(H,31,34)/t24-/m1/s1. The average molecular weight is 568 g/mol. The van der Waals surface area contributed by atoms with Gasteiger partial charge in [0.15, 0.2) is 16.6 Å². The molecule has 3 aromatic rings. The van der Waals surface area contributed by atoms with Crippen LogP contribution >= 0.6 is 23.8 Å². The minimum absolute atomic E-state index is 0.0798. The van der Waals surface area contributed by atoms with Crippen LogP contribution in [0.2, 0.25) is 5.02 Å². The molecule has 0 unspecified atom stereocenters. The molecule has 204 valence electrons. The maximum Gasteiger partial charge on any atom is 0.256 e. The van der Waals surface area contributed by atoms with Crippen LogP contribution in [0.5, 0.6) is 17.2 Å². The highest BCUT2D eigenvalue weighted by Gasteiger charge is 2.44. The Labute approximate surface area is 238 Å². The third kappa shape index (κ3) is 6.10. The Morgan fingerprint density at radius 1 is 1.00 bits per heavy atom. The van der Waals surface area contributed by atoms with E-state index in [-0.39, 0.29) is 18.2 Å². The highest BCUT2D eigenvalue weighted by Crippen LogP contribution is 2.31. The van der Waals surface area contributed by atoms with Crippen molar-refractivity contribution in [3.63, 3.8) is 0 Å². The lowest BCUT2D eigenvalue weighted by atomic mass is 10.1. The van der Waals surface area contributed by atoms with Crippen LogP contribution < -0.4 is 24.4 Å². The first-order chi connectivity index (χ1) is 18.8. The Kier molecular flexibility index (Phi) is 8.93. The zero-order valence-corrected chi connectivity index (χ0v) is 23.8. The summed E-state index contributed by atoms with van der Waals surface area (Å²) in [6, 6.07) is 17.3. The van der Waals surface area contributed by atoms with Crippen molar-refractivity contribution >= 4 is 52.1 Å². The predicted molar refractivity (Wildman–Crippen MR) is 156 cm³/mol. The maximum atomic E-state index is 13.7. The third-order valence-corrected chi connectivity index (χ3v) is 7.49. The molecule has 0 spiro atoms. The van der Waals surface area contributed by atoms with Gasteiger partial charge in [0.05, 0.1) is 33.4 Å². The van der Waals surface area contributed by atoms with Gasteiger partial charge >= 0.3 is 0 Å². The van der Waals surface area contributed by atoms with Gasteiger partial charge in [-0.05, 0) is 85.2 Å². The Bertz CT molecular complexity index is 1380. The summed E-state index contributed by atoms with van der Waals surface area (Å²) in [5.74, 6) is 1.33. The third-order valence-electron chi connectivity index (χ3n) is 6.66. The first kappa shape index (κ1) is 28.2. The fourth-order valence-electron chi connectivity index (χ4n) is 4.46. The molecule has 0 aliphatic carbocycles. The molecule has 39 heavy (non-hydrogen) atoms. The molecule has 10 heteroatoms. The second kappa shape index (κ2) is 12.4. The van der Waals surface area contributed by atoms with E-state index in [1.807, 2.05) is 30.0 Å². The Morgan fingerprint density at radius 3 is 2.38 bits per heavy atom. The molecule has 0 aromatic heterocycles. The number of carbonyl (C=O) groups is 2. The molecule has 8 nitrogen and oxygen atoms in total. The first-order valence-electron chi connectivity index (χ1n) is 12.3. The van der Waals surface area contributed by atoms with Crippen molar-refractivity contribution in [2.24, 2.45) is 0 Å². The number of anilines is 2. The van der Waals surface area contributed by atoms with E-state index in [0.29, 0.717) is 51.7 Å². The van der Waals surface area contributed by atoms with E-state index in [2.05, 4.69) is 5.32 Å². The maximum absolute atomic E-state index is 13.7. The normalized spacial score (nSPS) is 14.9. The van der Waals surface area contributed by atoms with Gasteiger partial charge in [-0.1, -0.05) is 23.7 Å². The van der Waals surface area contributed by atoms with Crippen molar-refractivity contribution in [3.8, 4) is 17.2 Å². The molecule has 1 aliphatic heterocycles. The first-order valence-corrected chi connectivity index (χ1v) is 13.1. The van der Waals surface area contributed by atoms with E-state index in [1.165, 1.54) is 4.90 Å². The summed E-state index contributed by atoms with van der Waals surface area (Å²) < 4.78 is 16.0. The zero-order chi connectivity index (χ0) is 28.1. The molecule has 0 bridgehead atoms. The van der Waals surface area contributed by atoms with E-state index in [9.17, 15) is 9.59 Å². The van der Waals surface area contributed by atoms with Crippen LogP contribution in [0.3, 0.4) is 0 Å². The van der Waals surface area contributed by atoms with Gasteiger partial charge in [-0.25, -0.2) is 0 Å². The molecule has 4 rings (SSSR count). The molecule has 1 aliphatic rings. The van der Waals surface area contributed by atoms with Crippen LogP contribution in [0, 0.1) is 6.92 Å². The minimum Gasteiger partial charge on any atom is -0.497 e. The molecular formula is C29H30ClN3O5S. The molecule has 2 amide bonds. The minimum atomic E-state index is -0.778. The summed E-state index contributed by atoms with van der Waals surface area (Å²) in [4.78, 5) is 30.1. The van der Waals surface area contributed by atoms with Gasteiger partial charge in [0, 0.05) is 17.3 Å². The summed E-state index contributed by atoms with van der Waals surface area (Å²) in [6.07, 6.45) is 0.485. The molecule has 3 aromatic carbocycles. The smallest absolute Gasteiger partial charge is 0.256 e. The van der Waals surface area contributed by atoms with Gasteiger partial charge in [-0.2, -0.15) is 0 Å². The summed E-state index contributed by atoms with van der Waals surface area (Å²) in [6.45, 7) is 2.25. The number of amides is 2. The van der Waals surface area contributed by atoms with Gasteiger partial charge in [0.25, 0.3) is 5.91 Å². The number of nitrogens with zero attached hydrogens (tertiary/aromatic N) is 2. The molecule has 1 N–H and O–H groups in total. The molecule has 1 heterocycles. The van der Waals surface area contributed by atoms with Crippen molar-refractivity contribution in [2.45, 2.75) is 25.8 Å². The fourth-order valence-corrected chi connectivity index (χ4v) is 5.05. The van der Waals surface area contributed by atoms with Crippen molar-refractivity contribution < 1.29 is 23.8 Å². The van der Waals surface area contributed by atoms with Gasteiger partial charge in [0.1, 0.15) is 11.8 Å². The van der Waals surface area contributed by atoms with Crippen LogP contribution in [0.25, 0.3) is 0 Å². The van der Waals surface area contributed by atoms with Gasteiger partial charge in [-0.15, -0.1) is 0 Å². The topological polar surface area (TPSA) is 80.3 Å². The number of hydrogen-bond acceptors (Lipinski definition) is 6. The molecule has 1 atom stereocenters. The number of nitrogens with one attached hydrogen (secondary N) is 1. The molecule has 0 radical (unpaired) electrons. The molecule has 0 saturated carbocycles. The number of methoxy groups -OCH3 is 3. The van der Waals surface area contributed by atoms with Gasteiger partial charge in [-0.3, -0.25) is 14.5 Å². The quantitative estimate of drug-likeness (QED) is 0.335. The van der Waals surface area contributed by atoms with Crippen molar-refractivity contribution in [2.75, 3.05) is 38.1 Å². The average Bonchev–Trinajstić information content (AvgIpc) is 3.17. The predicted octanol–water partition coefficient (Wildman–Crippen LogP) is 5.25. The van der Waals surface area contributed by atoms with Crippen molar-refractivity contribution in [1.29, 1.82) is 0 Å². The van der Waals surface area contributed by atoms with E-state index < -0.39 is 6.04 Å². The summed E-state index contributed by atoms with van der Waals surface area (Å²) in [5, 5.41) is 3.78. The SMILES string of the molecule is COc1ccc(N2C(=O)[C@@H](CC(=O)Nc3cccc(Cl)c3C)N(CCc3ccc(OC)c(OC)c3)C2=S)cc1. The van der Waals surface area contributed by atoms with Crippen LogP contribution in [0.4, 0.5) is 11.4 Å². The highest BCUT2D eigenvalue weighted by atomic mass is 35.5. The van der Waals surface area contributed by atoms with Crippen LogP contribution in [0.1, 0.15) is 17.5 Å². The Balaban J connectivity index is 1.58. The number of thiocarbonyl (C=S) groups is 1. The van der Waals surface area contributed by atoms with Crippen LogP contribution in [0.15, 0.2) is 60.7 Å². The van der Waals surface area contributed by atoms with E-state index in [1.54, 1.807) is 63.8 Å².